The van der Waals surface area contributed by atoms with Gasteiger partial charge in [-0.05, 0) is 49.8 Å². The molecular formula is C16H18F3N3. The summed E-state index contributed by atoms with van der Waals surface area (Å²) in [6.07, 6.45) is 3.94. The van der Waals surface area contributed by atoms with Crippen molar-refractivity contribution in [2.45, 2.75) is 20.0 Å². The van der Waals surface area contributed by atoms with E-state index in [0.717, 1.165) is 29.2 Å². The van der Waals surface area contributed by atoms with E-state index >= 15 is 0 Å². The molecule has 0 atom stereocenters. The van der Waals surface area contributed by atoms with Crippen LogP contribution in [0.15, 0.2) is 58.9 Å². The first-order chi connectivity index (χ1) is 10.4. The summed E-state index contributed by atoms with van der Waals surface area (Å²) in [6, 6.07) is 2.31. The second-order valence-corrected chi connectivity index (χ2v) is 4.59. The molecule has 0 fully saturated rings. The molecule has 6 heteroatoms. The summed E-state index contributed by atoms with van der Waals surface area (Å²) in [7, 11) is 0. The Hall–Kier alpha value is -2.37. The maximum Gasteiger partial charge on any atom is 0.417 e. The largest absolute Gasteiger partial charge is 0.417 e. The molecular weight excluding hydrogens is 291 g/mol. The van der Waals surface area contributed by atoms with Crippen LogP contribution in [0.2, 0.25) is 0 Å². The third kappa shape index (κ3) is 3.84. The second kappa shape index (κ2) is 6.60. The number of alkyl halides is 3. The molecule has 1 aliphatic carbocycles. The highest BCUT2D eigenvalue weighted by Gasteiger charge is 2.30. The third-order valence-corrected chi connectivity index (χ3v) is 3.03. The van der Waals surface area contributed by atoms with Crippen LogP contribution in [0.4, 0.5) is 19.0 Å². The van der Waals surface area contributed by atoms with Gasteiger partial charge in [0.25, 0.3) is 0 Å². The van der Waals surface area contributed by atoms with E-state index in [0.29, 0.717) is 12.4 Å². The zero-order valence-corrected chi connectivity index (χ0v) is 12.3. The zero-order valence-electron chi connectivity index (χ0n) is 12.3. The van der Waals surface area contributed by atoms with Gasteiger partial charge in [-0.15, -0.1) is 0 Å². The number of allylic oxidation sites excluding steroid dienone is 5. The number of halogens is 3. The molecule has 22 heavy (non-hydrogen) atoms. The van der Waals surface area contributed by atoms with E-state index in [2.05, 4.69) is 15.3 Å². The fourth-order valence-electron chi connectivity index (χ4n) is 1.96. The van der Waals surface area contributed by atoms with Crippen LogP contribution in [0.3, 0.4) is 0 Å². The van der Waals surface area contributed by atoms with Crippen molar-refractivity contribution in [3.63, 3.8) is 0 Å². The van der Waals surface area contributed by atoms with Crippen LogP contribution in [0.25, 0.3) is 0 Å². The Morgan fingerprint density at radius 2 is 2.09 bits per heavy atom. The molecule has 0 saturated carbocycles. The van der Waals surface area contributed by atoms with Crippen molar-refractivity contribution in [1.82, 2.24) is 4.98 Å². The van der Waals surface area contributed by atoms with Crippen LogP contribution < -0.4 is 5.32 Å². The molecule has 0 aromatic carbocycles. The molecule has 1 aromatic heterocycles. The Morgan fingerprint density at radius 1 is 1.32 bits per heavy atom. The highest BCUT2D eigenvalue weighted by Crippen LogP contribution is 2.29. The van der Waals surface area contributed by atoms with Crippen molar-refractivity contribution in [1.29, 1.82) is 0 Å². The fourth-order valence-corrected chi connectivity index (χ4v) is 1.96. The highest BCUT2D eigenvalue weighted by molar-refractivity contribution is 6.12. The van der Waals surface area contributed by atoms with Crippen molar-refractivity contribution in [3.05, 3.63) is 59.5 Å². The van der Waals surface area contributed by atoms with Gasteiger partial charge in [0.1, 0.15) is 5.82 Å². The molecule has 0 radical (unpaired) electrons. The number of anilines is 1. The minimum absolute atomic E-state index is 0. The molecule has 118 valence electrons. The summed E-state index contributed by atoms with van der Waals surface area (Å²) in [6.45, 7) is 4.55. The number of pyridine rings is 1. The summed E-state index contributed by atoms with van der Waals surface area (Å²) >= 11 is 0. The predicted molar refractivity (Wildman–Crippen MR) is 83.9 cm³/mol. The van der Waals surface area contributed by atoms with Gasteiger partial charge in [-0.3, -0.25) is 4.99 Å². The summed E-state index contributed by atoms with van der Waals surface area (Å²) in [5.41, 5.74) is 1.82. The van der Waals surface area contributed by atoms with Gasteiger partial charge in [-0.2, -0.15) is 13.2 Å². The highest BCUT2D eigenvalue weighted by atomic mass is 19.4. The van der Waals surface area contributed by atoms with Crippen LogP contribution in [0, 0.1) is 0 Å². The van der Waals surface area contributed by atoms with E-state index in [1.165, 1.54) is 6.07 Å². The number of hydrogen-bond donors (Lipinski definition) is 1. The first-order valence-corrected chi connectivity index (χ1v) is 6.85. The van der Waals surface area contributed by atoms with E-state index in [4.69, 9.17) is 0 Å². The Balaban J connectivity index is 0.00000264. The molecule has 3 nitrogen and oxygen atoms in total. The van der Waals surface area contributed by atoms with Gasteiger partial charge in [0.15, 0.2) is 0 Å². The maximum absolute atomic E-state index is 12.5. The molecule has 1 aromatic rings. The topological polar surface area (TPSA) is 37.3 Å². The fraction of sp³-hybridized carbons (Fsp3) is 0.250. The minimum Gasteiger partial charge on any atom is -0.340 e. The van der Waals surface area contributed by atoms with Gasteiger partial charge in [0, 0.05) is 19.9 Å². The van der Waals surface area contributed by atoms with Crippen LogP contribution in [0.1, 0.15) is 20.8 Å². The van der Waals surface area contributed by atoms with Crippen molar-refractivity contribution in [3.8, 4) is 0 Å². The zero-order chi connectivity index (χ0) is 16.2. The SMILES string of the molecule is C/C=C1/C=C(Nc2ccc(C(F)(F)F)cn2)C=CC1=NCC.[HH]. The van der Waals surface area contributed by atoms with Crippen molar-refractivity contribution in [2.75, 3.05) is 11.9 Å². The van der Waals surface area contributed by atoms with Crippen molar-refractivity contribution < 1.29 is 14.6 Å². The number of hydrogen-bond acceptors (Lipinski definition) is 3. The van der Waals surface area contributed by atoms with Crippen LogP contribution in [-0.4, -0.2) is 17.2 Å². The smallest absolute Gasteiger partial charge is 0.340 e. The van der Waals surface area contributed by atoms with Crippen LogP contribution >= 0.6 is 0 Å². The molecule has 2 rings (SSSR count). The quantitative estimate of drug-likeness (QED) is 0.884. The first-order valence-electron chi connectivity index (χ1n) is 6.85. The Bertz CT molecular complexity index is 656. The Labute approximate surface area is 128 Å². The maximum atomic E-state index is 12.5. The van der Waals surface area contributed by atoms with Gasteiger partial charge in [0.05, 0.1) is 11.3 Å². The lowest BCUT2D eigenvalue weighted by Crippen LogP contribution is -2.09. The van der Waals surface area contributed by atoms with E-state index in [9.17, 15) is 13.2 Å². The second-order valence-electron chi connectivity index (χ2n) is 4.59. The minimum atomic E-state index is -4.38. The number of nitrogens with one attached hydrogen (secondary N) is 1. The van der Waals surface area contributed by atoms with E-state index < -0.39 is 11.7 Å². The van der Waals surface area contributed by atoms with Crippen LogP contribution in [-0.2, 0) is 6.18 Å². The number of nitrogens with zero attached hydrogens (tertiary/aromatic N) is 2. The number of aliphatic imine (C=N–C) groups is 1. The molecule has 1 heterocycles. The van der Waals surface area contributed by atoms with E-state index in [1.54, 1.807) is 0 Å². The molecule has 0 amide bonds. The number of aromatic nitrogens is 1. The van der Waals surface area contributed by atoms with Crippen molar-refractivity contribution in [2.24, 2.45) is 4.99 Å². The molecule has 0 unspecified atom stereocenters. The van der Waals surface area contributed by atoms with Gasteiger partial charge >= 0.3 is 6.18 Å². The van der Waals surface area contributed by atoms with Gasteiger partial charge in [-0.25, -0.2) is 4.98 Å². The molecule has 1 aliphatic rings. The molecule has 0 saturated heterocycles. The monoisotopic (exact) mass is 309 g/mol. The third-order valence-electron chi connectivity index (χ3n) is 3.03. The average Bonchev–Trinajstić information content (AvgIpc) is 2.48. The van der Waals surface area contributed by atoms with E-state index in [-0.39, 0.29) is 1.43 Å². The lowest BCUT2D eigenvalue weighted by atomic mass is 10.0. The lowest BCUT2D eigenvalue weighted by molar-refractivity contribution is -0.137. The standard InChI is InChI=1S/C16H16F3N3.H2/c1-3-11-9-13(6-7-14(11)20-4-2)22-15-8-5-12(10-21-15)16(17,18)19;/h3,5-10H,4H2,1-2H3,(H,21,22);1H/b11-3-,20-14?;. The van der Waals surface area contributed by atoms with Gasteiger partial charge in [-0.1, -0.05) is 6.08 Å². The number of rotatable bonds is 3. The summed E-state index contributed by atoms with van der Waals surface area (Å²) in [4.78, 5) is 8.15. The van der Waals surface area contributed by atoms with Gasteiger partial charge in [0.2, 0.25) is 0 Å². The first kappa shape index (κ1) is 16.0. The Morgan fingerprint density at radius 3 is 2.64 bits per heavy atom. The molecule has 0 spiro atoms. The van der Waals surface area contributed by atoms with Crippen LogP contribution in [0.5, 0.6) is 0 Å². The predicted octanol–water partition coefficient (Wildman–Crippen LogP) is 4.62. The van der Waals surface area contributed by atoms with E-state index in [1.807, 2.05) is 38.2 Å². The molecule has 0 aliphatic heterocycles. The average molecular weight is 309 g/mol. The van der Waals surface area contributed by atoms with Crippen molar-refractivity contribution >= 4 is 11.5 Å². The Kier molecular flexibility index (Phi) is 4.80. The lowest BCUT2D eigenvalue weighted by Gasteiger charge is -2.14. The molecule has 0 bridgehead atoms. The summed E-state index contributed by atoms with van der Waals surface area (Å²) < 4.78 is 37.5. The normalized spacial score (nSPS) is 18.7. The molecule has 1 N–H and O–H groups in total. The summed E-state index contributed by atoms with van der Waals surface area (Å²) in [5, 5.41) is 2.99. The van der Waals surface area contributed by atoms with Gasteiger partial charge < -0.3 is 5.32 Å². The summed E-state index contributed by atoms with van der Waals surface area (Å²) in [5.74, 6) is 0.357.